The van der Waals surface area contributed by atoms with E-state index in [1.807, 2.05) is 0 Å². The number of nitriles is 1. The molecule has 114 valence electrons. The Morgan fingerprint density at radius 1 is 1.40 bits per heavy atom. The first kappa shape index (κ1) is 15.8. The normalized spacial score (nSPS) is 31.0. The van der Waals surface area contributed by atoms with E-state index in [-0.39, 0.29) is 5.54 Å². The minimum absolute atomic E-state index is 0.304. The summed E-state index contributed by atoms with van der Waals surface area (Å²) in [6, 6.07) is 2.95. The first-order valence-corrected chi connectivity index (χ1v) is 7.95. The van der Waals surface area contributed by atoms with Gasteiger partial charge in [-0.25, -0.2) is 0 Å². The molecule has 4 nitrogen and oxygen atoms in total. The van der Waals surface area contributed by atoms with Crippen LogP contribution < -0.4 is 5.32 Å². The summed E-state index contributed by atoms with van der Waals surface area (Å²) in [6.45, 7) is 9.38. The molecule has 1 N–H and O–H groups in total. The number of rotatable bonds is 6. The zero-order chi connectivity index (χ0) is 14.8. The Labute approximate surface area is 123 Å². The monoisotopic (exact) mass is 279 g/mol. The van der Waals surface area contributed by atoms with Gasteiger partial charge in [-0.1, -0.05) is 6.92 Å². The van der Waals surface area contributed by atoms with Gasteiger partial charge in [0, 0.05) is 26.2 Å². The molecule has 0 bridgehead atoms. The fraction of sp³-hybridized carbons (Fsp3) is 0.938. The van der Waals surface area contributed by atoms with Gasteiger partial charge < -0.3 is 4.74 Å². The molecule has 2 fully saturated rings. The Kier molecular flexibility index (Phi) is 5.06. The molecule has 1 heterocycles. The number of nitrogens with zero attached hydrogens (tertiary/aromatic N) is 2. The largest absolute Gasteiger partial charge is 0.380 e. The molecule has 1 saturated carbocycles. The van der Waals surface area contributed by atoms with Gasteiger partial charge in [0.25, 0.3) is 0 Å². The number of piperidine rings is 1. The van der Waals surface area contributed by atoms with Crippen LogP contribution in [0.2, 0.25) is 0 Å². The molecule has 2 rings (SSSR count). The lowest BCUT2D eigenvalue weighted by molar-refractivity contribution is -0.0118. The molecular weight excluding hydrogens is 250 g/mol. The first-order valence-electron chi connectivity index (χ1n) is 7.95. The van der Waals surface area contributed by atoms with Gasteiger partial charge in [-0.05, 0) is 51.5 Å². The number of ether oxygens (including phenoxy) is 1. The Hall–Kier alpha value is -0.630. The Bertz CT molecular complexity index is 361. The highest BCUT2D eigenvalue weighted by molar-refractivity contribution is 5.17. The van der Waals surface area contributed by atoms with Gasteiger partial charge in [0.1, 0.15) is 5.54 Å². The Morgan fingerprint density at radius 2 is 2.10 bits per heavy atom. The molecule has 20 heavy (non-hydrogen) atoms. The maximum Gasteiger partial charge on any atom is 0.122 e. The van der Waals surface area contributed by atoms with Crippen LogP contribution in [0.3, 0.4) is 0 Å². The van der Waals surface area contributed by atoms with Crippen molar-refractivity contribution in [2.24, 2.45) is 11.8 Å². The van der Waals surface area contributed by atoms with Crippen molar-refractivity contribution in [3.8, 4) is 6.07 Å². The predicted octanol–water partition coefficient (Wildman–Crippen LogP) is 2.01. The molecule has 0 spiro atoms. The van der Waals surface area contributed by atoms with Gasteiger partial charge in [0.2, 0.25) is 0 Å². The van der Waals surface area contributed by atoms with Crippen LogP contribution in [-0.2, 0) is 4.74 Å². The maximum absolute atomic E-state index is 9.77. The number of hydrogen-bond acceptors (Lipinski definition) is 4. The molecule has 1 aliphatic carbocycles. The molecule has 0 aromatic heterocycles. The minimum atomic E-state index is -0.368. The van der Waals surface area contributed by atoms with Gasteiger partial charge in [0.15, 0.2) is 0 Å². The maximum atomic E-state index is 9.77. The molecule has 4 heteroatoms. The zero-order valence-corrected chi connectivity index (χ0v) is 13.4. The minimum Gasteiger partial charge on any atom is -0.380 e. The fourth-order valence-electron chi connectivity index (χ4n) is 3.44. The van der Waals surface area contributed by atoms with Crippen LogP contribution in [0.4, 0.5) is 0 Å². The predicted molar refractivity (Wildman–Crippen MR) is 80.4 cm³/mol. The van der Waals surface area contributed by atoms with E-state index in [2.05, 4.69) is 37.1 Å². The standard InChI is InChI=1S/C16H29N3O/c1-12(2)18-16(10-17,14-5-6-14)11-19-8-7-13(3)15(9-19)20-4/h12-15,18H,5-9,11H2,1-4H3. The van der Waals surface area contributed by atoms with Crippen molar-refractivity contribution in [2.45, 2.75) is 57.7 Å². The van der Waals surface area contributed by atoms with E-state index in [1.54, 1.807) is 7.11 Å². The second kappa shape index (κ2) is 6.43. The molecule has 3 atom stereocenters. The van der Waals surface area contributed by atoms with Gasteiger partial charge >= 0.3 is 0 Å². The second-order valence-electron chi connectivity index (χ2n) is 6.93. The van der Waals surface area contributed by atoms with Crippen molar-refractivity contribution in [3.63, 3.8) is 0 Å². The number of hydrogen-bond donors (Lipinski definition) is 1. The van der Waals surface area contributed by atoms with E-state index >= 15 is 0 Å². The third-order valence-corrected chi connectivity index (χ3v) is 4.77. The smallest absolute Gasteiger partial charge is 0.122 e. The van der Waals surface area contributed by atoms with Crippen LogP contribution in [0.15, 0.2) is 0 Å². The van der Waals surface area contributed by atoms with Crippen LogP contribution in [0, 0.1) is 23.2 Å². The summed E-state index contributed by atoms with van der Waals surface area (Å²) in [5, 5.41) is 13.3. The van der Waals surface area contributed by atoms with Crippen LogP contribution in [0.1, 0.15) is 40.0 Å². The highest BCUT2D eigenvalue weighted by atomic mass is 16.5. The number of nitrogens with one attached hydrogen (secondary N) is 1. The van der Waals surface area contributed by atoms with E-state index < -0.39 is 0 Å². The van der Waals surface area contributed by atoms with E-state index in [1.165, 1.54) is 12.8 Å². The highest BCUT2D eigenvalue weighted by Gasteiger charge is 2.47. The second-order valence-corrected chi connectivity index (χ2v) is 6.93. The van der Waals surface area contributed by atoms with Gasteiger partial charge in [-0.15, -0.1) is 0 Å². The van der Waals surface area contributed by atoms with Crippen molar-refractivity contribution >= 4 is 0 Å². The van der Waals surface area contributed by atoms with Crippen LogP contribution in [-0.4, -0.2) is 49.3 Å². The van der Waals surface area contributed by atoms with Gasteiger partial charge in [0.05, 0.1) is 12.2 Å². The summed E-state index contributed by atoms with van der Waals surface area (Å²) in [6.07, 6.45) is 3.83. The summed E-state index contributed by atoms with van der Waals surface area (Å²) in [5.41, 5.74) is -0.368. The quantitative estimate of drug-likeness (QED) is 0.808. The van der Waals surface area contributed by atoms with Crippen LogP contribution in [0.25, 0.3) is 0 Å². The van der Waals surface area contributed by atoms with Gasteiger partial charge in [-0.3, -0.25) is 10.2 Å². The first-order chi connectivity index (χ1) is 9.50. The zero-order valence-electron chi connectivity index (χ0n) is 13.4. The third kappa shape index (κ3) is 3.52. The van der Waals surface area contributed by atoms with E-state index in [0.717, 1.165) is 26.1 Å². The Balaban J connectivity index is 2.03. The van der Waals surface area contributed by atoms with Crippen molar-refractivity contribution in [1.29, 1.82) is 5.26 Å². The summed E-state index contributed by atoms with van der Waals surface area (Å²) in [5.74, 6) is 1.14. The molecule has 0 aromatic rings. The van der Waals surface area contributed by atoms with E-state index in [0.29, 0.717) is 24.0 Å². The summed E-state index contributed by atoms with van der Waals surface area (Å²) in [4.78, 5) is 2.42. The average molecular weight is 279 g/mol. The lowest BCUT2D eigenvalue weighted by Crippen LogP contribution is -2.59. The molecule has 0 aromatic carbocycles. The highest BCUT2D eigenvalue weighted by Crippen LogP contribution is 2.40. The molecule has 1 saturated heterocycles. The van der Waals surface area contributed by atoms with Crippen LogP contribution in [0.5, 0.6) is 0 Å². The Morgan fingerprint density at radius 3 is 2.60 bits per heavy atom. The summed E-state index contributed by atoms with van der Waals surface area (Å²) < 4.78 is 5.59. The molecule has 3 unspecified atom stereocenters. The molecule has 1 aliphatic heterocycles. The third-order valence-electron chi connectivity index (χ3n) is 4.77. The lowest BCUT2D eigenvalue weighted by atomic mass is 9.90. The summed E-state index contributed by atoms with van der Waals surface area (Å²) >= 11 is 0. The number of methoxy groups -OCH3 is 1. The van der Waals surface area contributed by atoms with Crippen molar-refractivity contribution in [1.82, 2.24) is 10.2 Å². The van der Waals surface area contributed by atoms with E-state index in [4.69, 9.17) is 4.74 Å². The SMILES string of the molecule is COC1CN(CC(C#N)(NC(C)C)C2CC2)CCC1C. The van der Waals surface area contributed by atoms with Crippen molar-refractivity contribution < 1.29 is 4.74 Å². The number of likely N-dealkylation sites (tertiary alicyclic amines) is 1. The molecular formula is C16H29N3O. The van der Waals surface area contributed by atoms with Crippen LogP contribution >= 0.6 is 0 Å². The van der Waals surface area contributed by atoms with Crippen molar-refractivity contribution in [2.75, 3.05) is 26.7 Å². The molecule has 2 aliphatic rings. The summed E-state index contributed by atoms with van der Waals surface area (Å²) in [7, 11) is 1.80. The average Bonchev–Trinajstić information content (AvgIpc) is 3.24. The molecule has 0 amide bonds. The van der Waals surface area contributed by atoms with E-state index in [9.17, 15) is 5.26 Å². The molecule has 0 radical (unpaired) electrons. The van der Waals surface area contributed by atoms with Gasteiger partial charge in [-0.2, -0.15) is 5.26 Å². The topological polar surface area (TPSA) is 48.3 Å². The lowest BCUT2D eigenvalue weighted by Gasteiger charge is -2.41. The van der Waals surface area contributed by atoms with Crippen molar-refractivity contribution in [3.05, 3.63) is 0 Å². The fourth-order valence-corrected chi connectivity index (χ4v) is 3.44.